The van der Waals surface area contributed by atoms with Gasteiger partial charge in [0.15, 0.2) is 0 Å². The maximum atomic E-state index is 15.3. The summed E-state index contributed by atoms with van der Waals surface area (Å²) in [5, 5.41) is 10.6. The van der Waals surface area contributed by atoms with Crippen molar-refractivity contribution >= 4 is 31.6 Å². The minimum atomic E-state index is -4.66. The molecule has 3 aromatic carbocycles. The van der Waals surface area contributed by atoms with Gasteiger partial charge in [0.05, 0.1) is 22.8 Å². The molecule has 0 fully saturated rings. The number of halogens is 5. The number of anilines is 1. The normalized spacial score (nSPS) is 18.4. The van der Waals surface area contributed by atoms with E-state index in [4.69, 9.17) is 0 Å². The molecule has 1 N–H and O–H groups in total. The predicted octanol–water partition coefficient (Wildman–Crippen LogP) is 6.54. The van der Waals surface area contributed by atoms with E-state index in [1.165, 1.54) is 24.3 Å². The number of fused-ring (bicyclic) bond motifs is 1. The van der Waals surface area contributed by atoms with Gasteiger partial charge in [0, 0.05) is 16.5 Å². The number of benzene rings is 3. The van der Waals surface area contributed by atoms with E-state index in [-0.39, 0.29) is 33.5 Å². The number of alkyl halides is 3. The van der Waals surface area contributed by atoms with Gasteiger partial charge in [0.25, 0.3) is 10.0 Å². The average Bonchev–Trinajstić information content (AvgIpc) is 3.13. The van der Waals surface area contributed by atoms with E-state index in [2.05, 4.69) is 15.9 Å². The zero-order valence-corrected chi connectivity index (χ0v) is 22.1. The van der Waals surface area contributed by atoms with Crippen molar-refractivity contribution in [3.8, 4) is 0 Å². The lowest BCUT2D eigenvalue weighted by Crippen LogP contribution is -2.50. The van der Waals surface area contributed by atoms with Crippen LogP contribution in [-0.2, 0) is 33.6 Å². The first-order valence-electron chi connectivity index (χ1n) is 11.0. The monoisotopic (exact) mass is 585 g/mol. The number of hydrogen-bond acceptors (Lipinski definition) is 3. The molecule has 4 nitrogen and oxygen atoms in total. The summed E-state index contributed by atoms with van der Waals surface area (Å²) in [6.07, 6.45) is -5.01. The molecule has 3 aromatic rings. The summed E-state index contributed by atoms with van der Waals surface area (Å²) in [6.45, 7) is 4.88. The SMILES string of the molecule is CC(C)(C)c1cccc(S(=O)(=O)N2c3ccc(C(F)(F)F)cc3CC2(CO)c2ccc(Br)cc2F)c1. The predicted molar refractivity (Wildman–Crippen MR) is 133 cm³/mol. The molecule has 0 amide bonds. The Morgan fingerprint density at radius 3 is 2.28 bits per heavy atom. The van der Waals surface area contributed by atoms with Gasteiger partial charge in [-0.15, -0.1) is 0 Å². The highest BCUT2D eigenvalue weighted by Crippen LogP contribution is 2.50. The topological polar surface area (TPSA) is 57.6 Å². The highest BCUT2D eigenvalue weighted by molar-refractivity contribution is 9.10. The number of rotatable bonds is 4. The molecule has 0 saturated heterocycles. The maximum Gasteiger partial charge on any atom is 0.416 e. The summed E-state index contributed by atoms with van der Waals surface area (Å²) in [5.74, 6) is -0.800. The largest absolute Gasteiger partial charge is 0.416 e. The van der Waals surface area contributed by atoms with Crippen molar-refractivity contribution in [1.82, 2.24) is 0 Å². The zero-order chi connectivity index (χ0) is 26.7. The molecule has 0 aliphatic carbocycles. The molecular formula is C26H24BrF4NO3S. The molecule has 4 rings (SSSR count). The standard InChI is InChI=1S/C26H24BrF4NO3S/c1-24(2,3)17-5-4-6-20(12-17)36(34,35)32-23-10-7-18(26(29,30)31)11-16(23)14-25(32,15-33)21-9-8-19(27)13-22(21)28/h4-13,33H,14-15H2,1-3H3. The Kier molecular flexibility index (Phi) is 6.54. The van der Waals surface area contributed by atoms with Gasteiger partial charge in [0.1, 0.15) is 11.4 Å². The third-order valence-electron chi connectivity index (χ3n) is 6.43. The Hall–Kier alpha value is -2.43. The number of sulfonamides is 1. The van der Waals surface area contributed by atoms with Gasteiger partial charge >= 0.3 is 6.18 Å². The molecule has 0 radical (unpaired) electrons. The van der Waals surface area contributed by atoms with Crippen LogP contribution in [0.4, 0.5) is 23.2 Å². The van der Waals surface area contributed by atoms with E-state index in [0.717, 1.165) is 34.1 Å². The van der Waals surface area contributed by atoms with Gasteiger partial charge in [-0.2, -0.15) is 13.2 Å². The van der Waals surface area contributed by atoms with Crippen LogP contribution in [0.5, 0.6) is 0 Å². The lowest BCUT2D eigenvalue weighted by atomic mass is 9.87. The summed E-state index contributed by atoms with van der Waals surface area (Å²) < 4.78 is 85.2. The van der Waals surface area contributed by atoms with Crippen molar-refractivity contribution in [1.29, 1.82) is 0 Å². The summed E-state index contributed by atoms with van der Waals surface area (Å²) in [7, 11) is -4.46. The van der Waals surface area contributed by atoms with E-state index in [9.17, 15) is 26.7 Å². The van der Waals surface area contributed by atoms with Crippen molar-refractivity contribution < 1.29 is 31.1 Å². The van der Waals surface area contributed by atoms with Crippen molar-refractivity contribution in [2.45, 2.75) is 49.2 Å². The first kappa shape index (κ1) is 26.6. The molecule has 1 atom stereocenters. The van der Waals surface area contributed by atoms with Crippen molar-refractivity contribution in [3.63, 3.8) is 0 Å². The summed E-state index contributed by atoms with van der Waals surface area (Å²) in [6, 6.07) is 12.9. The second-order valence-corrected chi connectivity index (χ2v) is 12.6. The fourth-order valence-corrected chi connectivity index (χ4v) is 6.77. The second kappa shape index (κ2) is 8.85. The van der Waals surface area contributed by atoms with E-state index >= 15 is 4.39 Å². The van der Waals surface area contributed by atoms with Gasteiger partial charge < -0.3 is 5.11 Å². The van der Waals surface area contributed by atoms with E-state index in [0.29, 0.717) is 4.47 Å². The fourth-order valence-electron chi connectivity index (χ4n) is 4.58. The van der Waals surface area contributed by atoms with Gasteiger partial charge in [-0.1, -0.05) is 54.9 Å². The summed E-state index contributed by atoms with van der Waals surface area (Å²) in [4.78, 5) is -0.113. The zero-order valence-electron chi connectivity index (χ0n) is 19.7. The van der Waals surface area contributed by atoms with Crippen LogP contribution in [0, 0.1) is 5.82 Å². The van der Waals surface area contributed by atoms with E-state index < -0.39 is 39.7 Å². The van der Waals surface area contributed by atoms with Crippen LogP contribution in [0.15, 0.2) is 70.0 Å². The number of hydrogen-bond donors (Lipinski definition) is 1. The van der Waals surface area contributed by atoms with Crippen LogP contribution in [-0.4, -0.2) is 20.1 Å². The quantitative estimate of drug-likeness (QED) is 0.353. The fraction of sp³-hybridized carbons (Fsp3) is 0.308. The van der Waals surface area contributed by atoms with Crippen LogP contribution >= 0.6 is 15.9 Å². The second-order valence-electron chi connectivity index (χ2n) is 9.88. The highest BCUT2D eigenvalue weighted by atomic mass is 79.9. The molecule has 0 bridgehead atoms. The molecule has 0 aromatic heterocycles. The Balaban J connectivity index is 2.01. The molecule has 1 aliphatic rings. The third kappa shape index (κ3) is 4.43. The van der Waals surface area contributed by atoms with Crippen LogP contribution in [0.1, 0.15) is 43.0 Å². The molecule has 1 heterocycles. The number of nitrogens with zero attached hydrogens (tertiary/aromatic N) is 1. The van der Waals surface area contributed by atoms with Gasteiger partial charge in [0.2, 0.25) is 0 Å². The first-order valence-corrected chi connectivity index (χ1v) is 13.3. The molecule has 36 heavy (non-hydrogen) atoms. The molecule has 10 heteroatoms. The lowest BCUT2D eigenvalue weighted by molar-refractivity contribution is -0.137. The summed E-state index contributed by atoms with van der Waals surface area (Å²) in [5.41, 5.74) is -2.67. The molecule has 1 unspecified atom stereocenters. The van der Waals surface area contributed by atoms with Crippen LogP contribution < -0.4 is 4.31 Å². The number of aliphatic hydroxyl groups is 1. The lowest BCUT2D eigenvalue weighted by Gasteiger charge is -2.38. The van der Waals surface area contributed by atoms with Crippen LogP contribution in [0.3, 0.4) is 0 Å². The molecule has 0 saturated carbocycles. The van der Waals surface area contributed by atoms with Gasteiger partial charge in [-0.3, -0.25) is 4.31 Å². The molecule has 0 spiro atoms. The third-order valence-corrected chi connectivity index (χ3v) is 8.80. The Morgan fingerprint density at radius 2 is 1.69 bits per heavy atom. The Labute approximate surface area is 215 Å². The Morgan fingerprint density at radius 1 is 1.00 bits per heavy atom. The molecule has 1 aliphatic heterocycles. The summed E-state index contributed by atoms with van der Waals surface area (Å²) >= 11 is 3.16. The first-order chi connectivity index (χ1) is 16.6. The minimum Gasteiger partial charge on any atom is -0.394 e. The van der Waals surface area contributed by atoms with Crippen molar-refractivity contribution in [2.75, 3.05) is 10.9 Å². The number of aliphatic hydroxyl groups excluding tert-OH is 1. The van der Waals surface area contributed by atoms with E-state index in [1.54, 1.807) is 12.1 Å². The minimum absolute atomic E-state index is 0.0387. The Bertz CT molecular complexity index is 1430. The smallest absolute Gasteiger partial charge is 0.394 e. The van der Waals surface area contributed by atoms with Crippen LogP contribution in [0.2, 0.25) is 0 Å². The van der Waals surface area contributed by atoms with E-state index in [1.807, 2.05) is 20.8 Å². The molecular weight excluding hydrogens is 562 g/mol. The van der Waals surface area contributed by atoms with Crippen molar-refractivity contribution in [2.24, 2.45) is 0 Å². The highest BCUT2D eigenvalue weighted by Gasteiger charge is 2.52. The average molecular weight is 586 g/mol. The van der Waals surface area contributed by atoms with Gasteiger partial charge in [-0.25, -0.2) is 12.8 Å². The van der Waals surface area contributed by atoms with Gasteiger partial charge in [-0.05, 0) is 59.0 Å². The molecule has 192 valence electrons. The maximum absolute atomic E-state index is 15.3. The van der Waals surface area contributed by atoms with Crippen molar-refractivity contribution in [3.05, 3.63) is 93.2 Å². The van der Waals surface area contributed by atoms with Crippen LogP contribution in [0.25, 0.3) is 0 Å².